The Morgan fingerprint density at radius 3 is 2.39 bits per heavy atom. The van der Waals surface area contributed by atoms with Gasteiger partial charge < -0.3 is 15.1 Å². The Balaban J connectivity index is 2.37. The smallest absolute Gasteiger partial charge is 0.236 e. The molecule has 0 aromatic carbocycles. The maximum Gasteiger partial charge on any atom is 0.236 e. The van der Waals surface area contributed by atoms with Gasteiger partial charge in [-0.25, -0.2) is 0 Å². The first-order valence-electron chi connectivity index (χ1n) is 6.99. The van der Waals surface area contributed by atoms with Crippen molar-refractivity contribution in [2.45, 2.75) is 13.3 Å². The lowest BCUT2D eigenvalue weighted by molar-refractivity contribution is -0.132. The van der Waals surface area contributed by atoms with Crippen LogP contribution < -0.4 is 5.32 Å². The molecule has 1 rings (SSSR count). The molecule has 0 radical (unpaired) electrons. The Morgan fingerprint density at radius 1 is 1.17 bits per heavy atom. The van der Waals surface area contributed by atoms with Crippen LogP contribution in [0.1, 0.15) is 13.3 Å². The number of amides is 1. The second kappa shape index (κ2) is 8.45. The number of carbonyl (C=O) groups is 1. The predicted octanol–water partition coefficient (Wildman–Crippen LogP) is -0.308. The Morgan fingerprint density at radius 2 is 1.83 bits per heavy atom. The van der Waals surface area contributed by atoms with Crippen LogP contribution in [0.5, 0.6) is 0 Å². The van der Waals surface area contributed by atoms with E-state index in [2.05, 4.69) is 22.0 Å². The molecule has 1 aliphatic heterocycles. The molecule has 1 aliphatic rings. The van der Waals surface area contributed by atoms with Gasteiger partial charge in [-0.2, -0.15) is 0 Å². The fourth-order valence-corrected chi connectivity index (χ4v) is 2.11. The van der Waals surface area contributed by atoms with Gasteiger partial charge in [-0.15, -0.1) is 0 Å². The summed E-state index contributed by atoms with van der Waals surface area (Å²) < 4.78 is 0. The maximum atomic E-state index is 12.3. The molecule has 0 aromatic rings. The lowest BCUT2D eigenvalue weighted by Gasteiger charge is -2.30. The van der Waals surface area contributed by atoms with Crippen LogP contribution in [0.15, 0.2) is 0 Å². The molecule has 18 heavy (non-hydrogen) atoms. The summed E-state index contributed by atoms with van der Waals surface area (Å²) in [6, 6.07) is 0. The van der Waals surface area contributed by atoms with Gasteiger partial charge in [-0.3, -0.25) is 9.69 Å². The van der Waals surface area contributed by atoms with Gasteiger partial charge in [0.05, 0.1) is 6.54 Å². The van der Waals surface area contributed by atoms with Crippen molar-refractivity contribution in [3.8, 4) is 0 Å². The van der Waals surface area contributed by atoms with E-state index >= 15 is 0 Å². The lowest BCUT2D eigenvalue weighted by atomic mass is 10.3. The summed E-state index contributed by atoms with van der Waals surface area (Å²) in [5, 5.41) is 3.31. The Labute approximate surface area is 111 Å². The average Bonchev–Trinajstić information content (AvgIpc) is 2.35. The van der Waals surface area contributed by atoms with E-state index in [1.165, 1.54) is 0 Å². The van der Waals surface area contributed by atoms with Crippen LogP contribution in [0, 0.1) is 0 Å². The molecule has 0 aliphatic carbocycles. The highest BCUT2D eigenvalue weighted by atomic mass is 16.2. The Hall–Kier alpha value is -0.650. The summed E-state index contributed by atoms with van der Waals surface area (Å²) in [7, 11) is 4.09. The van der Waals surface area contributed by atoms with Gasteiger partial charge in [0.1, 0.15) is 0 Å². The molecule has 1 amide bonds. The first kappa shape index (κ1) is 15.4. The summed E-state index contributed by atoms with van der Waals surface area (Å²) in [6.45, 7) is 9.32. The molecule has 0 saturated carbocycles. The number of carbonyl (C=O) groups excluding carboxylic acids is 1. The minimum absolute atomic E-state index is 0.278. The summed E-state index contributed by atoms with van der Waals surface area (Å²) in [6.07, 6.45) is 1.03. The molecule has 1 saturated heterocycles. The van der Waals surface area contributed by atoms with E-state index in [4.69, 9.17) is 0 Å². The minimum Gasteiger partial charge on any atom is -0.340 e. The van der Waals surface area contributed by atoms with Crippen LogP contribution in [0.3, 0.4) is 0 Å². The highest BCUT2D eigenvalue weighted by Gasteiger charge is 2.18. The van der Waals surface area contributed by atoms with E-state index in [9.17, 15) is 4.79 Å². The summed E-state index contributed by atoms with van der Waals surface area (Å²) in [5.41, 5.74) is 0. The molecule has 106 valence electrons. The number of hydrogen-bond donors (Lipinski definition) is 1. The van der Waals surface area contributed by atoms with Gasteiger partial charge >= 0.3 is 0 Å². The number of nitrogens with one attached hydrogen (secondary N) is 1. The van der Waals surface area contributed by atoms with Crippen molar-refractivity contribution in [3.63, 3.8) is 0 Å². The molecule has 0 atom stereocenters. The van der Waals surface area contributed by atoms with Crippen LogP contribution in [0.4, 0.5) is 0 Å². The van der Waals surface area contributed by atoms with Crippen molar-refractivity contribution < 1.29 is 4.79 Å². The molecule has 0 spiro atoms. The van der Waals surface area contributed by atoms with Crippen molar-refractivity contribution >= 4 is 5.91 Å². The second-order valence-corrected chi connectivity index (χ2v) is 5.21. The zero-order valence-corrected chi connectivity index (χ0v) is 12.1. The topological polar surface area (TPSA) is 38.8 Å². The fraction of sp³-hybridized carbons (Fsp3) is 0.923. The second-order valence-electron chi connectivity index (χ2n) is 5.21. The van der Waals surface area contributed by atoms with Crippen LogP contribution in [0.25, 0.3) is 0 Å². The van der Waals surface area contributed by atoms with Gasteiger partial charge in [-0.05, 0) is 20.5 Å². The van der Waals surface area contributed by atoms with E-state index in [1.54, 1.807) is 0 Å². The quantitative estimate of drug-likeness (QED) is 0.678. The summed E-state index contributed by atoms with van der Waals surface area (Å²) >= 11 is 0. The third-order valence-corrected chi connectivity index (χ3v) is 3.23. The van der Waals surface area contributed by atoms with Gasteiger partial charge in [0.15, 0.2) is 0 Å². The summed E-state index contributed by atoms with van der Waals surface area (Å²) in [4.78, 5) is 18.6. The molecular formula is C13H28N4O. The SMILES string of the molecule is CCCN(CCN(C)C)C(=O)CN1CCNCC1. The van der Waals surface area contributed by atoms with Gasteiger partial charge in [0, 0.05) is 45.8 Å². The van der Waals surface area contributed by atoms with Crippen molar-refractivity contribution in [1.82, 2.24) is 20.0 Å². The molecule has 5 nitrogen and oxygen atoms in total. The number of rotatable bonds is 7. The molecule has 1 heterocycles. The number of hydrogen-bond acceptors (Lipinski definition) is 4. The lowest BCUT2D eigenvalue weighted by Crippen LogP contribution is -2.49. The molecule has 1 N–H and O–H groups in total. The van der Waals surface area contributed by atoms with Crippen molar-refractivity contribution in [2.24, 2.45) is 0 Å². The molecule has 0 bridgehead atoms. The monoisotopic (exact) mass is 256 g/mol. The molecule has 5 heteroatoms. The number of nitrogens with zero attached hydrogens (tertiary/aromatic N) is 3. The van der Waals surface area contributed by atoms with Gasteiger partial charge in [0.2, 0.25) is 5.91 Å². The maximum absolute atomic E-state index is 12.3. The van der Waals surface area contributed by atoms with Gasteiger partial charge in [-0.1, -0.05) is 6.92 Å². The van der Waals surface area contributed by atoms with Crippen molar-refractivity contribution in [3.05, 3.63) is 0 Å². The van der Waals surface area contributed by atoms with E-state index in [1.807, 2.05) is 19.0 Å². The molecule has 0 aromatic heterocycles. The third kappa shape index (κ3) is 5.80. The first-order valence-corrected chi connectivity index (χ1v) is 6.99. The third-order valence-electron chi connectivity index (χ3n) is 3.23. The van der Waals surface area contributed by atoms with Crippen molar-refractivity contribution in [1.29, 1.82) is 0 Å². The first-order chi connectivity index (χ1) is 8.63. The number of piperazine rings is 1. The van der Waals surface area contributed by atoms with Crippen LogP contribution in [0.2, 0.25) is 0 Å². The van der Waals surface area contributed by atoms with E-state index in [0.717, 1.165) is 52.2 Å². The standard InChI is InChI=1S/C13H28N4O/c1-4-7-17(11-10-15(2)3)13(18)12-16-8-5-14-6-9-16/h14H,4-12H2,1-3H3. The highest BCUT2D eigenvalue weighted by Crippen LogP contribution is 1.98. The minimum atomic E-state index is 0.278. The normalized spacial score (nSPS) is 17.1. The Bertz CT molecular complexity index is 239. The Kier molecular flexibility index (Phi) is 7.23. The van der Waals surface area contributed by atoms with Crippen molar-refractivity contribution in [2.75, 3.05) is 66.5 Å². The van der Waals surface area contributed by atoms with Crippen LogP contribution in [-0.4, -0.2) is 87.1 Å². The number of likely N-dealkylation sites (N-methyl/N-ethyl adjacent to an activating group) is 1. The van der Waals surface area contributed by atoms with Gasteiger partial charge in [0.25, 0.3) is 0 Å². The van der Waals surface area contributed by atoms with E-state index in [-0.39, 0.29) is 5.91 Å². The molecule has 1 fully saturated rings. The fourth-order valence-electron chi connectivity index (χ4n) is 2.11. The van der Waals surface area contributed by atoms with Crippen LogP contribution in [-0.2, 0) is 4.79 Å². The van der Waals surface area contributed by atoms with Crippen LogP contribution >= 0.6 is 0 Å². The summed E-state index contributed by atoms with van der Waals surface area (Å²) in [5.74, 6) is 0.278. The predicted molar refractivity (Wildman–Crippen MR) is 74.7 cm³/mol. The average molecular weight is 256 g/mol. The van der Waals surface area contributed by atoms with E-state index in [0.29, 0.717) is 6.54 Å². The largest absolute Gasteiger partial charge is 0.340 e. The van der Waals surface area contributed by atoms with E-state index < -0.39 is 0 Å². The molecule has 0 unspecified atom stereocenters. The zero-order chi connectivity index (χ0) is 13.4. The zero-order valence-electron chi connectivity index (χ0n) is 12.1. The molecular weight excluding hydrogens is 228 g/mol. The highest BCUT2D eigenvalue weighted by molar-refractivity contribution is 5.78.